The molecule has 20 heavy (non-hydrogen) atoms. The number of nitrogens with zero attached hydrogens (tertiary/aromatic N) is 1. The molecule has 0 aliphatic carbocycles. The van der Waals surface area contributed by atoms with Gasteiger partial charge in [-0.3, -0.25) is 0 Å². The molecule has 0 bridgehead atoms. The average Bonchev–Trinajstić information content (AvgIpc) is 2.42. The highest BCUT2D eigenvalue weighted by Gasteiger charge is 2.30. The second-order valence-corrected chi connectivity index (χ2v) is 6.55. The summed E-state index contributed by atoms with van der Waals surface area (Å²) in [4.78, 5) is 2.01. The van der Waals surface area contributed by atoms with Gasteiger partial charge in [0.15, 0.2) is 0 Å². The van der Waals surface area contributed by atoms with Crippen molar-refractivity contribution in [2.24, 2.45) is 5.92 Å². The minimum absolute atomic E-state index is 0.169. The van der Waals surface area contributed by atoms with Gasteiger partial charge in [-0.25, -0.2) is 8.78 Å². The Hall–Kier alpha value is -0.680. The van der Waals surface area contributed by atoms with Crippen molar-refractivity contribution in [1.82, 2.24) is 5.32 Å². The lowest BCUT2D eigenvalue weighted by Crippen LogP contribution is -2.58. The van der Waals surface area contributed by atoms with Crippen LogP contribution in [0.3, 0.4) is 0 Å². The molecule has 1 aromatic rings. The van der Waals surface area contributed by atoms with Gasteiger partial charge in [-0.1, -0.05) is 20.8 Å². The van der Waals surface area contributed by atoms with Gasteiger partial charge in [0.2, 0.25) is 0 Å². The zero-order valence-electron chi connectivity index (χ0n) is 12.1. The molecule has 112 valence electrons. The SMILES string of the molecule is CCC1CNC(C(C)C)CN1c1cc(F)c(Br)cc1F. The largest absolute Gasteiger partial charge is 0.363 e. The van der Waals surface area contributed by atoms with Crippen LogP contribution in [-0.2, 0) is 0 Å². The molecule has 2 unspecified atom stereocenters. The standard InChI is InChI=1S/C15H21BrF2N2/c1-4-10-7-19-14(9(2)3)8-20(10)15-6-12(17)11(16)5-13(15)18/h5-6,9-10,14,19H,4,7-8H2,1-3H3. The molecule has 2 rings (SSSR count). The number of anilines is 1. The first-order chi connectivity index (χ1) is 9.43. The molecule has 0 saturated carbocycles. The Labute approximate surface area is 127 Å². The van der Waals surface area contributed by atoms with Crippen molar-refractivity contribution in [3.8, 4) is 0 Å². The van der Waals surface area contributed by atoms with Gasteiger partial charge in [0.05, 0.1) is 10.2 Å². The minimum atomic E-state index is -0.420. The predicted octanol–water partition coefficient (Wildman–Crippen LogP) is 3.94. The molecule has 1 heterocycles. The van der Waals surface area contributed by atoms with Crippen molar-refractivity contribution in [1.29, 1.82) is 0 Å². The van der Waals surface area contributed by atoms with Crippen LogP contribution >= 0.6 is 15.9 Å². The second kappa shape index (κ2) is 6.39. The first kappa shape index (κ1) is 15.7. The molecule has 1 saturated heterocycles. The molecule has 1 aliphatic heterocycles. The number of hydrogen-bond acceptors (Lipinski definition) is 2. The maximum atomic E-state index is 14.2. The summed E-state index contributed by atoms with van der Waals surface area (Å²) < 4.78 is 28.1. The van der Waals surface area contributed by atoms with Crippen molar-refractivity contribution >= 4 is 21.6 Å². The number of piperazine rings is 1. The number of halogens is 3. The van der Waals surface area contributed by atoms with Crippen LogP contribution in [0.25, 0.3) is 0 Å². The van der Waals surface area contributed by atoms with E-state index in [1.54, 1.807) is 0 Å². The summed E-state index contributed by atoms with van der Waals surface area (Å²) in [6.45, 7) is 7.86. The smallest absolute Gasteiger partial charge is 0.147 e. The highest BCUT2D eigenvalue weighted by atomic mass is 79.9. The van der Waals surface area contributed by atoms with Gasteiger partial charge in [-0.15, -0.1) is 0 Å². The van der Waals surface area contributed by atoms with Gasteiger partial charge in [0.25, 0.3) is 0 Å². The van der Waals surface area contributed by atoms with E-state index in [-0.39, 0.29) is 16.3 Å². The van der Waals surface area contributed by atoms with Crippen LogP contribution in [0.2, 0.25) is 0 Å². The molecule has 1 aromatic carbocycles. The molecule has 1 N–H and O–H groups in total. The van der Waals surface area contributed by atoms with Crippen molar-refractivity contribution in [2.45, 2.75) is 39.3 Å². The van der Waals surface area contributed by atoms with E-state index in [4.69, 9.17) is 0 Å². The van der Waals surface area contributed by atoms with E-state index in [1.165, 1.54) is 12.1 Å². The number of rotatable bonds is 3. The average molecular weight is 347 g/mol. The Morgan fingerprint density at radius 3 is 2.65 bits per heavy atom. The van der Waals surface area contributed by atoms with Crippen molar-refractivity contribution in [3.63, 3.8) is 0 Å². The fourth-order valence-corrected chi connectivity index (χ4v) is 2.98. The lowest BCUT2D eigenvalue weighted by molar-refractivity contribution is 0.323. The fourth-order valence-electron chi connectivity index (χ4n) is 2.66. The molecule has 1 fully saturated rings. The zero-order valence-corrected chi connectivity index (χ0v) is 13.7. The molecule has 2 atom stereocenters. The van der Waals surface area contributed by atoms with Crippen LogP contribution in [0.15, 0.2) is 16.6 Å². The maximum Gasteiger partial charge on any atom is 0.147 e. The van der Waals surface area contributed by atoms with Crippen molar-refractivity contribution < 1.29 is 8.78 Å². The van der Waals surface area contributed by atoms with E-state index in [0.29, 0.717) is 24.2 Å². The molecular formula is C15H21BrF2N2. The summed E-state index contributed by atoms with van der Waals surface area (Å²) in [5.74, 6) is -0.337. The van der Waals surface area contributed by atoms with E-state index >= 15 is 0 Å². The normalized spacial score (nSPS) is 23.4. The maximum absolute atomic E-state index is 14.2. The van der Waals surface area contributed by atoms with Gasteiger partial charge in [0, 0.05) is 31.2 Å². The lowest BCUT2D eigenvalue weighted by Gasteiger charge is -2.43. The lowest BCUT2D eigenvalue weighted by atomic mass is 9.97. The van der Waals surface area contributed by atoms with E-state index in [9.17, 15) is 8.78 Å². The molecule has 2 nitrogen and oxygen atoms in total. The minimum Gasteiger partial charge on any atom is -0.363 e. The topological polar surface area (TPSA) is 15.3 Å². The van der Waals surface area contributed by atoms with Crippen LogP contribution in [-0.4, -0.2) is 25.2 Å². The van der Waals surface area contributed by atoms with Crippen LogP contribution in [0.5, 0.6) is 0 Å². The molecule has 1 aliphatic rings. The summed E-state index contributed by atoms with van der Waals surface area (Å²) in [5.41, 5.74) is 0.365. The zero-order chi connectivity index (χ0) is 14.9. The molecule has 0 aromatic heterocycles. The van der Waals surface area contributed by atoms with Gasteiger partial charge >= 0.3 is 0 Å². The summed E-state index contributed by atoms with van der Waals surface area (Å²) in [6.07, 6.45) is 0.898. The van der Waals surface area contributed by atoms with Gasteiger partial charge in [0.1, 0.15) is 11.6 Å². The van der Waals surface area contributed by atoms with Crippen LogP contribution < -0.4 is 10.2 Å². The summed E-state index contributed by atoms with van der Waals surface area (Å²) >= 11 is 3.03. The van der Waals surface area contributed by atoms with E-state index < -0.39 is 5.82 Å². The number of nitrogens with one attached hydrogen (secondary N) is 1. The summed E-state index contributed by atoms with van der Waals surface area (Å²) in [5, 5.41) is 3.50. The monoisotopic (exact) mass is 346 g/mol. The van der Waals surface area contributed by atoms with Crippen LogP contribution in [0, 0.1) is 17.6 Å². The number of benzene rings is 1. The highest BCUT2D eigenvalue weighted by molar-refractivity contribution is 9.10. The third-order valence-corrected chi connectivity index (χ3v) is 4.63. The van der Waals surface area contributed by atoms with Crippen LogP contribution in [0.4, 0.5) is 14.5 Å². The van der Waals surface area contributed by atoms with Gasteiger partial charge in [-0.05, 0) is 34.3 Å². The van der Waals surface area contributed by atoms with Crippen LogP contribution in [0.1, 0.15) is 27.2 Å². The van der Waals surface area contributed by atoms with E-state index in [0.717, 1.165) is 13.0 Å². The Balaban J connectivity index is 2.33. The highest BCUT2D eigenvalue weighted by Crippen LogP contribution is 2.30. The van der Waals surface area contributed by atoms with Crippen molar-refractivity contribution in [2.75, 3.05) is 18.0 Å². The number of hydrogen-bond donors (Lipinski definition) is 1. The quantitative estimate of drug-likeness (QED) is 0.834. The molecule has 0 spiro atoms. The third-order valence-electron chi connectivity index (χ3n) is 4.02. The predicted molar refractivity (Wildman–Crippen MR) is 82.1 cm³/mol. The fraction of sp³-hybridized carbons (Fsp3) is 0.600. The Kier molecular flexibility index (Phi) is 5.02. The first-order valence-corrected chi connectivity index (χ1v) is 7.87. The van der Waals surface area contributed by atoms with Gasteiger partial charge in [-0.2, -0.15) is 0 Å². The summed E-state index contributed by atoms with van der Waals surface area (Å²) in [7, 11) is 0. The Morgan fingerprint density at radius 2 is 2.05 bits per heavy atom. The first-order valence-electron chi connectivity index (χ1n) is 7.08. The van der Waals surface area contributed by atoms with E-state index in [1.807, 2.05) is 4.90 Å². The third kappa shape index (κ3) is 3.14. The molecule has 0 radical (unpaired) electrons. The Morgan fingerprint density at radius 1 is 1.35 bits per heavy atom. The summed E-state index contributed by atoms with van der Waals surface area (Å²) in [6, 6.07) is 3.00. The van der Waals surface area contributed by atoms with Gasteiger partial charge < -0.3 is 10.2 Å². The van der Waals surface area contributed by atoms with Crippen molar-refractivity contribution in [3.05, 3.63) is 28.2 Å². The molecule has 5 heteroatoms. The molecular weight excluding hydrogens is 326 g/mol. The second-order valence-electron chi connectivity index (χ2n) is 5.69. The molecule has 0 amide bonds. The van der Waals surface area contributed by atoms with E-state index in [2.05, 4.69) is 42.0 Å². The Bertz CT molecular complexity index is 479.